The summed E-state index contributed by atoms with van der Waals surface area (Å²) in [5, 5.41) is 2.57. The number of unbranched alkanes of at least 4 members (excludes halogenated alkanes) is 1. The normalized spacial score (nSPS) is 11.8. The van der Waals surface area contributed by atoms with Crippen molar-refractivity contribution in [2.24, 2.45) is 5.41 Å². The molecule has 0 atom stereocenters. The number of amides is 1. The Labute approximate surface area is 287 Å². The molecule has 0 saturated carbocycles. The van der Waals surface area contributed by atoms with Crippen LogP contribution in [0.4, 0.5) is 0 Å². The third-order valence-electron chi connectivity index (χ3n) is 6.07. The van der Waals surface area contributed by atoms with Crippen LogP contribution in [0.15, 0.2) is 17.6 Å². The Balaban J connectivity index is 1.75. The van der Waals surface area contributed by atoms with Crippen LogP contribution in [0.5, 0.6) is 0 Å². The first-order chi connectivity index (χ1) is 23.1. The van der Waals surface area contributed by atoms with E-state index in [0.29, 0.717) is 136 Å². The van der Waals surface area contributed by atoms with Crippen molar-refractivity contribution in [2.45, 2.75) is 51.6 Å². The zero-order chi connectivity index (χ0) is 35.2. The van der Waals surface area contributed by atoms with Crippen LogP contribution in [0.25, 0.3) is 0 Å². The molecular formula is C33H57N3O11S. The van der Waals surface area contributed by atoms with Gasteiger partial charge in [0.1, 0.15) is 0 Å². The van der Waals surface area contributed by atoms with E-state index in [4.69, 9.17) is 37.9 Å². The highest BCUT2D eigenvalue weighted by Gasteiger charge is 2.10. The number of carbonyl (C=O) groups excluding carboxylic acids is 1. The second-order valence-corrected chi connectivity index (χ2v) is 13.7. The van der Waals surface area contributed by atoms with Gasteiger partial charge >= 0.3 is 0 Å². The quantitative estimate of drug-likeness (QED) is 0.0705. The van der Waals surface area contributed by atoms with E-state index in [0.717, 1.165) is 19.3 Å². The van der Waals surface area contributed by atoms with Crippen LogP contribution in [0.2, 0.25) is 0 Å². The molecule has 1 aromatic heterocycles. The molecule has 0 unspecified atom stereocenters. The number of hydrogen-bond donors (Lipinski definition) is 1. The minimum absolute atomic E-state index is 0.0717. The number of sulfone groups is 1. The maximum atomic E-state index is 11.9. The summed E-state index contributed by atoms with van der Waals surface area (Å²) in [4.78, 5) is 19.5. The minimum atomic E-state index is -3.43. The van der Waals surface area contributed by atoms with Gasteiger partial charge in [-0.05, 0) is 18.3 Å². The summed E-state index contributed by atoms with van der Waals surface area (Å²) < 4.78 is 66.6. The van der Waals surface area contributed by atoms with E-state index in [9.17, 15) is 13.2 Å². The van der Waals surface area contributed by atoms with E-state index in [1.54, 1.807) is 0 Å². The summed E-state index contributed by atoms with van der Waals surface area (Å²) in [7, 11) is -3.43. The third-order valence-corrected chi connectivity index (χ3v) is 6.94. The topological polar surface area (TPSA) is 163 Å². The zero-order valence-corrected chi connectivity index (χ0v) is 30.1. The van der Waals surface area contributed by atoms with Crippen molar-refractivity contribution in [1.29, 1.82) is 0 Å². The first kappa shape index (κ1) is 43.8. The molecule has 0 aliphatic heterocycles. The number of hydrogen-bond acceptors (Lipinski definition) is 13. The van der Waals surface area contributed by atoms with Gasteiger partial charge in [-0.15, -0.1) is 0 Å². The lowest BCUT2D eigenvalue weighted by Crippen LogP contribution is -2.27. The molecule has 0 bridgehead atoms. The van der Waals surface area contributed by atoms with E-state index >= 15 is 0 Å². The molecule has 14 nitrogen and oxygen atoms in total. The van der Waals surface area contributed by atoms with Crippen molar-refractivity contribution >= 4 is 15.7 Å². The smallest absolute Gasteiger partial charge is 0.246 e. The first-order valence-corrected chi connectivity index (χ1v) is 18.4. The molecule has 0 aromatic carbocycles. The molecule has 1 heterocycles. The molecule has 0 radical (unpaired) electrons. The molecule has 0 fully saturated rings. The highest BCUT2D eigenvalue weighted by atomic mass is 32.2. The van der Waals surface area contributed by atoms with E-state index in [2.05, 4.69) is 47.9 Å². The molecule has 1 amide bonds. The summed E-state index contributed by atoms with van der Waals surface area (Å²) in [6.07, 6.45) is 6.28. The minimum Gasteiger partial charge on any atom is -0.379 e. The van der Waals surface area contributed by atoms with Gasteiger partial charge in [0.2, 0.25) is 20.9 Å². The van der Waals surface area contributed by atoms with Gasteiger partial charge in [0, 0.05) is 44.6 Å². The van der Waals surface area contributed by atoms with Crippen molar-refractivity contribution in [2.75, 3.05) is 119 Å². The maximum Gasteiger partial charge on any atom is 0.246 e. The predicted molar refractivity (Wildman–Crippen MR) is 180 cm³/mol. The number of carbonyl (C=O) groups is 1. The molecule has 0 aliphatic carbocycles. The maximum absolute atomic E-state index is 11.9. The lowest BCUT2D eigenvalue weighted by Gasteiger charge is -2.17. The fraction of sp³-hybridized carbons (Fsp3) is 0.788. The van der Waals surface area contributed by atoms with Gasteiger partial charge < -0.3 is 43.2 Å². The Morgan fingerprint density at radius 1 is 0.688 bits per heavy atom. The number of ether oxygens (including phenoxy) is 8. The molecule has 1 N–H and O–H groups in total. The Kier molecular flexibility index (Phi) is 26.0. The van der Waals surface area contributed by atoms with Gasteiger partial charge in [-0.3, -0.25) is 4.79 Å². The monoisotopic (exact) mass is 703 g/mol. The second kappa shape index (κ2) is 28.6. The van der Waals surface area contributed by atoms with Gasteiger partial charge in [0.25, 0.3) is 0 Å². The molecule has 1 rings (SSSR count). The highest BCUT2D eigenvalue weighted by molar-refractivity contribution is 7.90. The molecule has 276 valence electrons. The summed E-state index contributed by atoms with van der Waals surface area (Å²) in [5.74, 6) is 5.71. The summed E-state index contributed by atoms with van der Waals surface area (Å²) in [6, 6.07) is 0. The standard InChI is InChI=1S/C33H57N3O11S/c1-33(2,3)10-12-40-14-16-42-18-20-44-22-24-46-26-27-47-25-23-45-21-19-43-17-15-41-13-11-34-31(37)9-7-5-6-8-30-28-35-32(36-29-30)48(4,38)39/h28-29H,5,7,9-27H2,1-4H3,(H,34,37). The van der Waals surface area contributed by atoms with Gasteiger partial charge in [-0.2, -0.15) is 0 Å². The Morgan fingerprint density at radius 2 is 1.08 bits per heavy atom. The molecule has 0 spiro atoms. The first-order valence-electron chi connectivity index (χ1n) is 16.5. The average Bonchev–Trinajstić information content (AvgIpc) is 3.03. The SMILES string of the molecule is CC(C)(C)CCOCCOCCOCCOCCOCCOCCOCCOCCNC(=O)CCCC#Cc1cnc(S(C)(=O)=O)nc1. The van der Waals surface area contributed by atoms with Crippen molar-refractivity contribution in [3.8, 4) is 11.8 Å². The van der Waals surface area contributed by atoms with Crippen molar-refractivity contribution in [3.63, 3.8) is 0 Å². The van der Waals surface area contributed by atoms with Gasteiger partial charge in [0.15, 0.2) is 0 Å². The van der Waals surface area contributed by atoms with Crippen LogP contribution in [0, 0.1) is 17.3 Å². The van der Waals surface area contributed by atoms with Crippen molar-refractivity contribution in [1.82, 2.24) is 15.3 Å². The fourth-order valence-electron chi connectivity index (χ4n) is 3.44. The van der Waals surface area contributed by atoms with Crippen LogP contribution in [-0.2, 0) is 52.5 Å². The Morgan fingerprint density at radius 3 is 1.48 bits per heavy atom. The van der Waals surface area contributed by atoms with E-state index in [1.165, 1.54) is 12.4 Å². The third kappa shape index (κ3) is 28.7. The molecular weight excluding hydrogens is 646 g/mol. The zero-order valence-electron chi connectivity index (χ0n) is 29.3. The van der Waals surface area contributed by atoms with E-state index in [1.807, 2.05) is 0 Å². The molecule has 1 aromatic rings. The molecule has 48 heavy (non-hydrogen) atoms. The largest absolute Gasteiger partial charge is 0.379 e. The summed E-state index contributed by atoms with van der Waals surface area (Å²) in [6.45, 7) is 15.2. The lowest BCUT2D eigenvalue weighted by atomic mass is 9.93. The molecule has 15 heteroatoms. The predicted octanol–water partition coefficient (Wildman–Crippen LogP) is 2.09. The summed E-state index contributed by atoms with van der Waals surface area (Å²) >= 11 is 0. The van der Waals surface area contributed by atoms with E-state index < -0.39 is 9.84 Å². The van der Waals surface area contributed by atoms with Crippen LogP contribution >= 0.6 is 0 Å². The molecule has 0 aliphatic rings. The Hall–Kier alpha value is -2.26. The second-order valence-electron chi connectivity index (χ2n) is 11.7. The van der Waals surface area contributed by atoms with E-state index in [-0.39, 0.29) is 11.1 Å². The van der Waals surface area contributed by atoms with Crippen molar-refractivity contribution in [3.05, 3.63) is 18.0 Å². The van der Waals surface area contributed by atoms with Crippen LogP contribution < -0.4 is 5.32 Å². The highest BCUT2D eigenvalue weighted by Crippen LogP contribution is 2.17. The van der Waals surface area contributed by atoms with Gasteiger partial charge in [-0.25, -0.2) is 18.4 Å². The summed E-state index contributed by atoms with van der Waals surface area (Å²) in [5.41, 5.74) is 0.811. The number of aromatic nitrogens is 2. The number of nitrogens with zero attached hydrogens (tertiary/aromatic N) is 2. The van der Waals surface area contributed by atoms with Crippen LogP contribution in [-0.4, -0.2) is 143 Å². The number of rotatable bonds is 30. The van der Waals surface area contributed by atoms with Gasteiger partial charge in [-0.1, -0.05) is 32.6 Å². The molecule has 0 saturated heterocycles. The lowest BCUT2D eigenvalue weighted by molar-refractivity contribution is -0.121. The fourth-order valence-corrected chi connectivity index (χ4v) is 3.93. The van der Waals surface area contributed by atoms with Crippen LogP contribution in [0.1, 0.15) is 52.0 Å². The average molecular weight is 704 g/mol. The van der Waals surface area contributed by atoms with Crippen molar-refractivity contribution < 1.29 is 51.1 Å². The Bertz CT molecular complexity index is 1100. The number of nitrogens with one attached hydrogen (secondary N) is 1. The van der Waals surface area contributed by atoms with Gasteiger partial charge in [0.05, 0.1) is 105 Å². The van der Waals surface area contributed by atoms with Crippen LogP contribution in [0.3, 0.4) is 0 Å².